The smallest absolute Gasteiger partial charge is 0.0162 e. The van der Waals surface area contributed by atoms with E-state index in [4.69, 9.17) is 0 Å². The zero-order valence-corrected chi connectivity index (χ0v) is 13.8. The van der Waals surface area contributed by atoms with E-state index in [0.29, 0.717) is 11.8 Å². The van der Waals surface area contributed by atoms with Gasteiger partial charge in [-0.25, -0.2) is 0 Å². The molecule has 1 aliphatic carbocycles. The van der Waals surface area contributed by atoms with Gasteiger partial charge in [-0.05, 0) is 55.6 Å². The minimum atomic E-state index is 0.551. The van der Waals surface area contributed by atoms with Crippen molar-refractivity contribution in [3.8, 4) is 0 Å². The lowest BCUT2D eigenvalue weighted by atomic mass is 9.79. The Morgan fingerprint density at radius 1 is 1.38 bits per heavy atom. The van der Waals surface area contributed by atoms with Crippen LogP contribution in [0.1, 0.15) is 46.0 Å². The van der Waals surface area contributed by atoms with Gasteiger partial charge in [-0.3, -0.25) is 0 Å². The van der Waals surface area contributed by atoms with E-state index in [2.05, 4.69) is 57.9 Å². The van der Waals surface area contributed by atoms with Gasteiger partial charge in [-0.1, -0.05) is 68.5 Å². The quantitative estimate of drug-likeness (QED) is 0.420. The standard InChI is InChI=1S/C21H30/c1-6-12-18(8-3)20(13-7-2)16-17(5)21-15-11-10-14-19(21)9-4/h6-7,9-10,13-14,18,20H,1,4-5,8,11-12,15-16H2,2-3H3. The zero-order chi connectivity index (χ0) is 15.7. The molecule has 1 aliphatic rings. The number of hydrogen-bond acceptors (Lipinski definition) is 0. The molecule has 0 nitrogen and oxygen atoms in total. The molecule has 2 unspecified atom stereocenters. The predicted molar refractivity (Wildman–Crippen MR) is 96.3 cm³/mol. The lowest BCUT2D eigenvalue weighted by molar-refractivity contribution is 0.383. The zero-order valence-electron chi connectivity index (χ0n) is 13.8. The fraction of sp³-hybridized carbons (Fsp3) is 0.429. The maximum atomic E-state index is 4.38. The normalized spacial score (nSPS) is 17.8. The minimum absolute atomic E-state index is 0.551. The third-order valence-corrected chi connectivity index (χ3v) is 4.37. The van der Waals surface area contributed by atoms with E-state index in [9.17, 15) is 0 Å². The van der Waals surface area contributed by atoms with Gasteiger partial charge in [-0.2, -0.15) is 0 Å². The maximum Gasteiger partial charge on any atom is -0.0162 e. The third-order valence-electron chi connectivity index (χ3n) is 4.37. The van der Waals surface area contributed by atoms with E-state index >= 15 is 0 Å². The Morgan fingerprint density at radius 3 is 2.71 bits per heavy atom. The lowest BCUT2D eigenvalue weighted by Gasteiger charge is -2.25. The van der Waals surface area contributed by atoms with E-state index in [-0.39, 0.29) is 0 Å². The maximum absolute atomic E-state index is 4.38. The van der Waals surface area contributed by atoms with Gasteiger partial charge in [0.2, 0.25) is 0 Å². The SMILES string of the molecule is C=CCC(CC)C(C=CC)CC(=C)C1=C(C=C)C=CCC1. The van der Waals surface area contributed by atoms with Gasteiger partial charge >= 0.3 is 0 Å². The molecule has 2 atom stereocenters. The molecule has 0 aromatic carbocycles. The third kappa shape index (κ3) is 5.04. The fourth-order valence-electron chi connectivity index (χ4n) is 3.16. The van der Waals surface area contributed by atoms with Gasteiger partial charge in [0.25, 0.3) is 0 Å². The van der Waals surface area contributed by atoms with Crippen molar-refractivity contribution in [1.29, 1.82) is 0 Å². The average molecular weight is 282 g/mol. The second kappa shape index (κ2) is 9.39. The first-order valence-corrected chi connectivity index (χ1v) is 8.11. The van der Waals surface area contributed by atoms with Crippen LogP contribution in [0.2, 0.25) is 0 Å². The Kier molecular flexibility index (Phi) is 7.82. The van der Waals surface area contributed by atoms with Gasteiger partial charge in [0, 0.05) is 0 Å². The molecule has 0 aromatic rings. The monoisotopic (exact) mass is 282 g/mol. The number of allylic oxidation sites excluding steroid dienone is 9. The van der Waals surface area contributed by atoms with Crippen molar-refractivity contribution in [1.82, 2.24) is 0 Å². The molecule has 0 aliphatic heterocycles. The summed E-state index contributed by atoms with van der Waals surface area (Å²) in [4.78, 5) is 0. The average Bonchev–Trinajstić information content (AvgIpc) is 2.52. The Balaban J connectivity index is 2.90. The summed E-state index contributed by atoms with van der Waals surface area (Å²) in [7, 11) is 0. The molecule has 0 bridgehead atoms. The Bertz CT molecular complexity index is 456. The molecule has 0 radical (unpaired) electrons. The van der Waals surface area contributed by atoms with Gasteiger partial charge < -0.3 is 0 Å². The summed E-state index contributed by atoms with van der Waals surface area (Å²) in [6, 6.07) is 0. The van der Waals surface area contributed by atoms with Crippen LogP contribution in [-0.2, 0) is 0 Å². The molecule has 0 aromatic heterocycles. The number of rotatable bonds is 9. The Hall–Kier alpha value is -1.56. The van der Waals surface area contributed by atoms with Crippen LogP contribution in [0.25, 0.3) is 0 Å². The molecule has 21 heavy (non-hydrogen) atoms. The molecule has 0 spiro atoms. The molecule has 0 heterocycles. The topological polar surface area (TPSA) is 0 Å². The van der Waals surface area contributed by atoms with Crippen molar-refractivity contribution < 1.29 is 0 Å². The van der Waals surface area contributed by atoms with E-state index in [0.717, 1.165) is 25.7 Å². The largest absolute Gasteiger partial charge is 0.103 e. The van der Waals surface area contributed by atoms with Crippen LogP contribution in [0.5, 0.6) is 0 Å². The van der Waals surface area contributed by atoms with E-state index in [1.807, 2.05) is 12.2 Å². The summed E-state index contributed by atoms with van der Waals surface area (Å²) < 4.78 is 0. The first-order valence-electron chi connectivity index (χ1n) is 8.11. The molecular formula is C21H30. The van der Waals surface area contributed by atoms with Crippen molar-refractivity contribution in [2.45, 2.75) is 46.0 Å². The summed E-state index contributed by atoms with van der Waals surface area (Å²) >= 11 is 0. The summed E-state index contributed by atoms with van der Waals surface area (Å²) in [5.74, 6) is 1.21. The van der Waals surface area contributed by atoms with Crippen molar-refractivity contribution >= 4 is 0 Å². The highest BCUT2D eigenvalue weighted by molar-refractivity contribution is 5.46. The van der Waals surface area contributed by atoms with Crippen molar-refractivity contribution in [2.24, 2.45) is 11.8 Å². The molecule has 1 rings (SSSR count). The molecule has 114 valence electrons. The second-order valence-corrected chi connectivity index (χ2v) is 5.77. The molecule has 0 fully saturated rings. The highest BCUT2D eigenvalue weighted by Crippen LogP contribution is 2.33. The fourth-order valence-corrected chi connectivity index (χ4v) is 3.16. The molecular weight excluding hydrogens is 252 g/mol. The summed E-state index contributed by atoms with van der Waals surface area (Å²) in [5, 5.41) is 0. The molecule has 0 saturated carbocycles. The van der Waals surface area contributed by atoms with Gasteiger partial charge in [0.15, 0.2) is 0 Å². The van der Waals surface area contributed by atoms with Crippen LogP contribution < -0.4 is 0 Å². The number of hydrogen-bond donors (Lipinski definition) is 0. The predicted octanol–water partition coefficient (Wildman–Crippen LogP) is 6.56. The Labute approximate surface area is 131 Å². The van der Waals surface area contributed by atoms with Crippen molar-refractivity contribution in [2.75, 3.05) is 0 Å². The lowest BCUT2D eigenvalue weighted by Crippen LogP contribution is -2.13. The van der Waals surface area contributed by atoms with E-state index in [1.54, 1.807) is 0 Å². The van der Waals surface area contributed by atoms with Gasteiger partial charge in [-0.15, -0.1) is 6.58 Å². The van der Waals surface area contributed by atoms with Crippen LogP contribution in [0.15, 0.2) is 72.9 Å². The van der Waals surface area contributed by atoms with Crippen molar-refractivity contribution in [3.05, 3.63) is 72.9 Å². The van der Waals surface area contributed by atoms with Crippen molar-refractivity contribution in [3.63, 3.8) is 0 Å². The molecule has 0 amide bonds. The highest BCUT2D eigenvalue weighted by Gasteiger charge is 2.19. The first kappa shape index (κ1) is 17.5. The molecule has 0 N–H and O–H groups in total. The Morgan fingerprint density at radius 2 is 2.14 bits per heavy atom. The van der Waals surface area contributed by atoms with Crippen LogP contribution >= 0.6 is 0 Å². The molecule has 0 saturated heterocycles. The van der Waals surface area contributed by atoms with Crippen LogP contribution in [0, 0.1) is 11.8 Å². The summed E-state index contributed by atoms with van der Waals surface area (Å²) in [6.45, 7) is 16.6. The second-order valence-electron chi connectivity index (χ2n) is 5.77. The van der Waals surface area contributed by atoms with E-state index < -0.39 is 0 Å². The molecule has 0 heteroatoms. The van der Waals surface area contributed by atoms with Crippen LogP contribution in [0.4, 0.5) is 0 Å². The van der Waals surface area contributed by atoms with E-state index in [1.165, 1.54) is 23.1 Å². The first-order chi connectivity index (χ1) is 10.2. The van der Waals surface area contributed by atoms with Crippen LogP contribution in [-0.4, -0.2) is 0 Å². The van der Waals surface area contributed by atoms with Gasteiger partial charge in [0.05, 0.1) is 0 Å². The highest BCUT2D eigenvalue weighted by atomic mass is 14.2. The van der Waals surface area contributed by atoms with Gasteiger partial charge in [0.1, 0.15) is 0 Å². The minimum Gasteiger partial charge on any atom is -0.103 e. The summed E-state index contributed by atoms with van der Waals surface area (Å²) in [6.07, 6.45) is 18.4. The summed E-state index contributed by atoms with van der Waals surface area (Å²) in [5.41, 5.74) is 3.93. The van der Waals surface area contributed by atoms with Crippen LogP contribution in [0.3, 0.4) is 0 Å².